The maximum absolute atomic E-state index is 14.1. The molecule has 0 aliphatic rings. The number of fused-ring (bicyclic) bond motifs is 3. The zero-order valence-corrected chi connectivity index (χ0v) is 21.0. The minimum Gasteiger partial charge on any atom is -0.423 e. The summed E-state index contributed by atoms with van der Waals surface area (Å²) >= 11 is 0. The third kappa shape index (κ3) is 4.77. The van der Waals surface area contributed by atoms with E-state index in [0.717, 1.165) is 24.3 Å². The van der Waals surface area contributed by atoms with E-state index >= 15 is 0 Å². The van der Waals surface area contributed by atoms with Crippen molar-refractivity contribution in [3.8, 4) is 11.5 Å². The summed E-state index contributed by atoms with van der Waals surface area (Å²) in [6, 6.07) is 8.95. The molecular formula is C29H10F10O4. The van der Waals surface area contributed by atoms with Crippen LogP contribution in [0.1, 0.15) is 26.3 Å². The van der Waals surface area contributed by atoms with Crippen molar-refractivity contribution in [2.45, 2.75) is 6.92 Å². The molecule has 0 atom stereocenters. The van der Waals surface area contributed by atoms with Crippen LogP contribution in [0.5, 0.6) is 11.5 Å². The quantitative estimate of drug-likeness (QED) is 0.0514. The minimum absolute atomic E-state index is 0.206. The standard InChI is InChI=1S/C29H10F10O4/c1-9-6-10-2-3-11(42-28(40)16-18(30)22(34)26(38)23(35)19(16)31)7-14(10)15-8-12(4-5-13(9)15)43-29(41)17-20(32)24(36)27(39)25(37)21(17)33/h2-8H,1H3. The van der Waals surface area contributed by atoms with Crippen molar-refractivity contribution in [3.63, 3.8) is 0 Å². The van der Waals surface area contributed by atoms with Crippen LogP contribution in [0.3, 0.4) is 0 Å². The van der Waals surface area contributed by atoms with Crippen molar-refractivity contribution in [1.29, 1.82) is 0 Å². The van der Waals surface area contributed by atoms with Gasteiger partial charge in [-0.1, -0.05) is 18.2 Å². The van der Waals surface area contributed by atoms with Gasteiger partial charge in [0.1, 0.15) is 22.6 Å². The van der Waals surface area contributed by atoms with Crippen LogP contribution in [0.25, 0.3) is 21.5 Å². The van der Waals surface area contributed by atoms with Gasteiger partial charge in [-0.15, -0.1) is 0 Å². The maximum atomic E-state index is 14.1. The highest BCUT2D eigenvalue weighted by atomic mass is 19.2. The molecule has 5 aromatic rings. The SMILES string of the molecule is Cc1cc2ccc(OC(=O)c3c(F)c(F)c(F)c(F)c3F)cc2c2cc(OC(=O)c3c(F)c(F)c(F)c(F)c3F)ccc12. The second kappa shape index (κ2) is 10.6. The molecule has 0 heterocycles. The van der Waals surface area contributed by atoms with E-state index in [4.69, 9.17) is 9.47 Å². The molecule has 5 rings (SSSR count). The molecule has 0 amide bonds. The highest BCUT2D eigenvalue weighted by Crippen LogP contribution is 2.35. The monoisotopic (exact) mass is 612 g/mol. The molecule has 0 saturated carbocycles. The topological polar surface area (TPSA) is 52.6 Å². The van der Waals surface area contributed by atoms with Gasteiger partial charge in [-0.2, -0.15) is 0 Å². The lowest BCUT2D eigenvalue weighted by Crippen LogP contribution is -2.17. The maximum Gasteiger partial charge on any atom is 0.349 e. The van der Waals surface area contributed by atoms with Gasteiger partial charge >= 0.3 is 11.9 Å². The molecule has 220 valence electrons. The fraction of sp³-hybridized carbons (Fsp3) is 0.0345. The van der Waals surface area contributed by atoms with Crippen LogP contribution >= 0.6 is 0 Å². The first kappa shape index (κ1) is 29.4. The lowest BCUT2D eigenvalue weighted by Gasteiger charge is -2.13. The van der Waals surface area contributed by atoms with Crippen molar-refractivity contribution in [1.82, 2.24) is 0 Å². The lowest BCUT2D eigenvalue weighted by atomic mass is 9.97. The molecule has 0 fully saturated rings. The average Bonchev–Trinajstić information content (AvgIpc) is 2.97. The second-order valence-corrected chi connectivity index (χ2v) is 8.95. The summed E-state index contributed by atoms with van der Waals surface area (Å²) in [5, 5.41) is 1.32. The third-order valence-corrected chi connectivity index (χ3v) is 6.35. The summed E-state index contributed by atoms with van der Waals surface area (Å²) in [5.74, 6) is -28.7. The largest absolute Gasteiger partial charge is 0.423 e. The van der Waals surface area contributed by atoms with Gasteiger partial charge in [-0.3, -0.25) is 0 Å². The number of ether oxygens (including phenoxy) is 2. The van der Waals surface area contributed by atoms with Crippen molar-refractivity contribution >= 4 is 33.5 Å². The molecule has 0 aliphatic carbocycles. The zero-order chi connectivity index (χ0) is 31.5. The van der Waals surface area contributed by atoms with Crippen LogP contribution in [0.15, 0.2) is 42.5 Å². The van der Waals surface area contributed by atoms with Crippen molar-refractivity contribution < 1.29 is 63.0 Å². The minimum atomic E-state index is -2.48. The number of esters is 2. The number of aryl methyl sites for hydroxylation is 1. The Labute approximate surface area is 232 Å². The molecule has 0 radical (unpaired) electrons. The summed E-state index contributed by atoms with van der Waals surface area (Å²) < 4.78 is 147. The second-order valence-electron chi connectivity index (χ2n) is 8.95. The van der Waals surface area contributed by atoms with Crippen LogP contribution in [-0.2, 0) is 0 Å². The van der Waals surface area contributed by atoms with E-state index in [9.17, 15) is 53.5 Å². The van der Waals surface area contributed by atoms with Crippen LogP contribution in [0, 0.1) is 65.1 Å². The highest BCUT2D eigenvalue weighted by Gasteiger charge is 2.32. The van der Waals surface area contributed by atoms with Crippen molar-refractivity contribution in [2.75, 3.05) is 0 Å². The van der Waals surface area contributed by atoms with Crippen molar-refractivity contribution in [2.24, 2.45) is 0 Å². The smallest absolute Gasteiger partial charge is 0.349 e. The van der Waals surface area contributed by atoms with Crippen LogP contribution in [0.2, 0.25) is 0 Å². The number of benzene rings is 5. The van der Waals surface area contributed by atoms with Gasteiger partial charge in [0.05, 0.1) is 0 Å². The van der Waals surface area contributed by atoms with Gasteiger partial charge in [-0.05, 0) is 58.3 Å². The number of carbonyl (C=O) groups excluding carboxylic acids is 2. The number of halogens is 10. The molecule has 4 nitrogen and oxygen atoms in total. The van der Waals surface area contributed by atoms with Crippen LogP contribution in [-0.4, -0.2) is 11.9 Å². The molecular weight excluding hydrogens is 602 g/mol. The Morgan fingerprint density at radius 3 is 1.28 bits per heavy atom. The van der Waals surface area contributed by atoms with E-state index in [1.54, 1.807) is 13.0 Å². The molecule has 5 aromatic carbocycles. The van der Waals surface area contributed by atoms with Gasteiger partial charge in [-0.25, -0.2) is 53.5 Å². The van der Waals surface area contributed by atoms with Gasteiger partial charge in [0.2, 0.25) is 11.6 Å². The third-order valence-electron chi connectivity index (χ3n) is 6.35. The number of carbonyl (C=O) groups is 2. The van der Waals surface area contributed by atoms with Gasteiger partial charge in [0, 0.05) is 0 Å². The molecule has 14 heteroatoms. The van der Waals surface area contributed by atoms with E-state index in [1.165, 1.54) is 12.1 Å². The predicted octanol–water partition coefficient (Wildman–Crippen LogP) is 8.13. The van der Waals surface area contributed by atoms with Crippen molar-refractivity contribution in [3.05, 3.63) is 117 Å². The normalized spacial score (nSPS) is 11.3. The summed E-state index contributed by atoms with van der Waals surface area (Å²) in [5.41, 5.74) is -3.05. The molecule has 0 N–H and O–H groups in total. The molecule has 0 aromatic heterocycles. The van der Waals surface area contributed by atoms with E-state index in [-0.39, 0.29) is 10.8 Å². The predicted molar refractivity (Wildman–Crippen MR) is 129 cm³/mol. The molecule has 0 saturated heterocycles. The Bertz CT molecular complexity index is 1980. The Morgan fingerprint density at radius 2 is 0.837 bits per heavy atom. The summed E-state index contributed by atoms with van der Waals surface area (Å²) in [6.07, 6.45) is 0. The first-order valence-corrected chi connectivity index (χ1v) is 11.7. The Kier molecular flexibility index (Phi) is 7.24. The first-order valence-electron chi connectivity index (χ1n) is 11.7. The van der Waals surface area contributed by atoms with Gasteiger partial charge in [0.25, 0.3) is 0 Å². The average molecular weight is 612 g/mol. The fourth-order valence-electron chi connectivity index (χ4n) is 4.31. The Morgan fingerprint density at radius 1 is 0.465 bits per heavy atom. The zero-order valence-electron chi connectivity index (χ0n) is 21.0. The molecule has 0 unspecified atom stereocenters. The van der Waals surface area contributed by atoms with E-state index in [1.807, 2.05) is 0 Å². The number of hydrogen-bond acceptors (Lipinski definition) is 4. The molecule has 43 heavy (non-hydrogen) atoms. The fourth-order valence-corrected chi connectivity index (χ4v) is 4.31. The molecule has 0 aliphatic heterocycles. The Hall–Kier alpha value is -5.14. The summed E-state index contributed by atoms with van der Waals surface area (Å²) in [4.78, 5) is 24.8. The summed E-state index contributed by atoms with van der Waals surface area (Å²) in [7, 11) is 0. The first-order chi connectivity index (χ1) is 20.2. The van der Waals surface area contributed by atoms with E-state index in [2.05, 4.69) is 0 Å². The van der Waals surface area contributed by atoms with Crippen LogP contribution < -0.4 is 9.47 Å². The lowest BCUT2D eigenvalue weighted by molar-refractivity contribution is 0.0711. The van der Waals surface area contributed by atoms with E-state index in [0.29, 0.717) is 16.3 Å². The number of rotatable bonds is 4. The van der Waals surface area contributed by atoms with Crippen LogP contribution in [0.4, 0.5) is 43.9 Å². The summed E-state index contributed by atoms with van der Waals surface area (Å²) in [6.45, 7) is 1.67. The molecule has 0 bridgehead atoms. The number of hydrogen-bond donors (Lipinski definition) is 0. The molecule has 0 spiro atoms. The Balaban J connectivity index is 1.56. The highest BCUT2D eigenvalue weighted by molar-refractivity contribution is 6.10. The van der Waals surface area contributed by atoms with E-state index < -0.39 is 92.7 Å². The van der Waals surface area contributed by atoms with Gasteiger partial charge in [0.15, 0.2) is 46.5 Å². The van der Waals surface area contributed by atoms with Gasteiger partial charge < -0.3 is 9.47 Å².